The van der Waals surface area contributed by atoms with Crippen molar-refractivity contribution >= 4 is 51.7 Å². The summed E-state index contributed by atoms with van der Waals surface area (Å²) in [7, 11) is 1.62. The number of hydrogen-bond donors (Lipinski definition) is 1. The minimum Gasteiger partial charge on any atom is -0.497 e. The number of amides is 1. The molecule has 1 amide bonds. The number of anilines is 1. The number of halogens is 2. The summed E-state index contributed by atoms with van der Waals surface area (Å²) < 4.78 is 10.9. The lowest BCUT2D eigenvalue weighted by Gasteiger charge is -2.01. The van der Waals surface area contributed by atoms with Gasteiger partial charge in [-0.1, -0.05) is 23.2 Å². The SMILES string of the molecule is COc1ccc(-c2csc(NC(=O)/C=C/c3ccc(-c4ccc(Cl)cc4Cl)o3)n2)cc1. The van der Waals surface area contributed by atoms with Crippen molar-refractivity contribution in [1.29, 1.82) is 0 Å². The third-order valence-corrected chi connectivity index (χ3v) is 5.65. The van der Waals surface area contributed by atoms with Crippen LogP contribution in [0.3, 0.4) is 0 Å². The van der Waals surface area contributed by atoms with Gasteiger partial charge in [0.05, 0.1) is 17.8 Å². The fraction of sp³-hybridized carbons (Fsp3) is 0.0435. The van der Waals surface area contributed by atoms with Gasteiger partial charge in [0.15, 0.2) is 5.13 Å². The van der Waals surface area contributed by atoms with Crippen molar-refractivity contribution in [3.05, 3.63) is 81.9 Å². The van der Waals surface area contributed by atoms with Crippen molar-refractivity contribution in [2.24, 2.45) is 0 Å². The number of methoxy groups -OCH3 is 1. The molecule has 2 aromatic heterocycles. The van der Waals surface area contributed by atoms with Gasteiger partial charge in [0.1, 0.15) is 17.3 Å². The van der Waals surface area contributed by atoms with Crippen molar-refractivity contribution in [2.75, 3.05) is 12.4 Å². The van der Waals surface area contributed by atoms with Gasteiger partial charge in [0.2, 0.25) is 5.91 Å². The number of thiazole rings is 1. The van der Waals surface area contributed by atoms with Crippen molar-refractivity contribution in [2.45, 2.75) is 0 Å². The maximum atomic E-state index is 12.3. The molecule has 2 heterocycles. The molecule has 0 bridgehead atoms. The molecule has 0 saturated carbocycles. The average Bonchev–Trinajstić information content (AvgIpc) is 3.42. The number of hydrogen-bond acceptors (Lipinski definition) is 5. The lowest BCUT2D eigenvalue weighted by molar-refractivity contribution is -0.111. The molecule has 0 spiro atoms. The maximum Gasteiger partial charge on any atom is 0.250 e. The number of aromatic nitrogens is 1. The normalized spacial score (nSPS) is 11.1. The largest absolute Gasteiger partial charge is 0.497 e. The fourth-order valence-corrected chi connectivity index (χ4v) is 4.03. The topological polar surface area (TPSA) is 64.4 Å². The number of nitrogens with zero attached hydrogens (tertiary/aromatic N) is 1. The zero-order valence-electron chi connectivity index (χ0n) is 16.3. The monoisotopic (exact) mass is 470 g/mol. The Hall–Kier alpha value is -3.06. The van der Waals surface area contributed by atoms with Gasteiger partial charge in [-0.15, -0.1) is 11.3 Å². The van der Waals surface area contributed by atoms with Gasteiger partial charge < -0.3 is 9.15 Å². The van der Waals surface area contributed by atoms with Crippen LogP contribution < -0.4 is 10.1 Å². The molecule has 0 aliphatic rings. The van der Waals surface area contributed by atoms with Crippen molar-refractivity contribution in [3.63, 3.8) is 0 Å². The van der Waals surface area contributed by atoms with Crippen LogP contribution in [0.25, 0.3) is 28.7 Å². The van der Waals surface area contributed by atoms with Gasteiger partial charge in [-0.25, -0.2) is 4.98 Å². The van der Waals surface area contributed by atoms with Crippen LogP contribution in [0.1, 0.15) is 5.76 Å². The number of rotatable bonds is 6. The number of nitrogens with one attached hydrogen (secondary N) is 1. The first-order valence-electron chi connectivity index (χ1n) is 9.16. The third kappa shape index (κ3) is 5.17. The molecule has 2 aromatic carbocycles. The first kappa shape index (κ1) is 21.2. The number of carbonyl (C=O) groups excluding carboxylic acids is 1. The highest BCUT2D eigenvalue weighted by molar-refractivity contribution is 7.14. The molecule has 0 fully saturated rings. The Kier molecular flexibility index (Phi) is 6.42. The molecule has 0 saturated heterocycles. The highest BCUT2D eigenvalue weighted by Crippen LogP contribution is 2.32. The van der Waals surface area contributed by atoms with E-state index in [2.05, 4.69) is 10.3 Å². The molecule has 5 nitrogen and oxygen atoms in total. The number of carbonyl (C=O) groups is 1. The third-order valence-electron chi connectivity index (χ3n) is 4.34. The van der Waals surface area contributed by atoms with E-state index in [0.29, 0.717) is 26.7 Å². The number of ether oxygens (including phenoxy) is 1. The second-order valence-electron chi connectivity index (χ2n) is 6.42. The molecule has 31 heavy (non-hydrogen) atoms. The summed E-state index contributed by atoms with van der Waals surface area (Å²) in [5.41, 5.74) is 2.45. The zero-order chi connectivity index (χ0) is 21.8. The predicted molar refractivity (Wildman–Crippen MR) is 126 cm³/mol. The highest BCUT2D eigenvalue weighted by Gasteiger charge is 2.09. The molecule has 0 aliphatic heterocycles. The van der Waals surface area contributed by atoms with E-state index in [0.717, 1.165) is 22.6 Å². The molecular weight excluding hydrogens is 455 g/mol. The lowest BCUT2D eigenvalue weighted by Crippen LogP contribution is -2.07. The standard InChI is InChI=1S/C23H16Cl2N2O3S/c1-29-16-5-2-14(3-6-16)20-13-31-23(26-20)27-22(28)11-8-17-7-10-21(30-17)18-9-4-15(24)12-19(18)25/h2-13H,1H3,(H,26,27,28)/b11-8+. The van der Waals surface area contributed by atoms with Crippen molar-refractivity contribution < 1.29 is 13.9 Å². The van der Waals surface area contributed by atoms with E-state index in [1.165, 1.54) is 17.4 Å². The van der Waals surface area contributed by atoms with E-state index in [1.54, 1.807) is 43.5 Å². The number of furan rings is 1. The van der Waals surface area contributed by atoms with E-state index < -0.39 is 0 Å². The Morgan fingerprint density at radius 3 is 2.68 bits per heavy atom. The average molecular weight is 471 g/mol. The van der Waals surface area contributed by atoms with E-state index in [-0.39, 0.29) is 5.91 Å². The molecule has 4 rings (SSSR count). The molecule has 8 heteroatoms. The Morgan fingerprint density at radius 2 is 1.94 bits per heavy atom. The predicted octanol–water partition coefficient (Wildman–Crippen LogP) is 7.04. The van der Waals surface area contributed by atoms with Crippen LogP contribution in [0.2, 0.25) is 10.0 Å². The molecule has 4 aromatic rings. The summed E-state index contributed by atoms with van der Waals surface area (Å²) in [6, 6.07) is 16.3. The lowest BCUT2D eigenvalue weighted by atomic mass is 10.2. The second-order valence-corrected chi connectivity index (χ2v) is 8.12. The number of benzene rings is 2. The Bertz CT molecular complexity index is 1250. The molecule has 0 aliphatic carbocycles. The van der Waals surface area contributed by atoms with Gasteiger partial charge in [-0.2, -0.15) is 0 Å². The van der Waals surface area contributed by atoms with Gasteiger partial charge >= 0.3 is 0 Å². The van der Waals surface area contributed by atoms with Crippen LogP contribution >= 0.6 is 34.5 Å². The molecule has 1 N–H and O–H groups in total. The van der Waals surface area contributed by atoms with Gasteiger partial charge in [0.25, 0.3) is 0 Å². The maximum absolute atomic E-state index is 12.3. The first-order chi connectivity index (χ1) is 15.0. The zero-order valence-corrected chi connectivity index (χ0v) is 18.6. The molecule has 156 valence electrons. The van der Waals surface area contributed by atoms with Crippen LogP contribution in [-0.2, 0) is 4.79 Å². The molecule has 0 unspecified atom stereocenters. The Labute approximate surface area is 192 Å². The summed E-state index contributed by atoms with van der Waals surface area (Å²) in [5.74, 6) is 1.58. The summed E-state index contributed by atoms with van der Waals surface area (Å²) in [6.45, 7) is 0. The summed E-state index contributed by atoms with van der Waals surface area (Å²) in [5, 5.41) is 6.19. The van der Waals surface area contributed by atoms with Crippen molar-refractivity contribution in [3.8, 4) is 28.3 Å². The smallest absolute Gasteiger partial charge is 0.250 e. The Balaban J connectivity index is 1.40. The van der Waals surface area contributed by atoms with E-state index >= 15 is 0 Å². The van der Waals surface area contributed by atoms with Crippen molar-refractivity contribution in [1.82, 2.24) is 4.98 Å². The molecule has 0 radical (unpaired) electrons. The summed E-state index contributed by atoms with van der Waals surface area (Å²) in [4.78, 5) is 16.7. The van der Waals surface area contributed by atoms with E-state index in [4.69, 9.17) is 32.4 Å². The van der Waals surface area contributed by atoms with Gasteiger partial charge in [-0.05, 0) is 60.7 Å². The minimum absolute atomic E-state index is 0.307. The van der Waals surface area contributed by atoms with Gasteiger partial charge in [0, 0.05) is 27.6 Å². The fourth-order valence-electron chi connectivity index (χ4n) is 2.81. The van der Waals surface area contributed by atoms with Crippen LogP contribution in [0.15, 0.2) is 70.5 Å². The quantitative estimate of drug-likeness (QED) is 0.307. The summed E-state index contributed by atoms with van der Waals surface area (Å²) in [6.07, 6.45) is 2.97. The van der Waals surface area contributed by atoms with E-state index in [1.807, 2.05) is 29.6 Å². The van der Waals surface area contributed by atoms with Gasteiger partial charge in [-0.3, -0.25) is 10.1 Å². The second kappa shape index (κ2) is 9.39. The summed E-state index contributed by atoms with van der Waals surface area (Å²) >= 11 is 13.5. The van der Waals surface area contributed by atoms with Crippen LogP contribution in [0, 0.1) is 0 Å². The molecular formula is C23H16Cl2N2O3S. The van der Waals surface area contributed by atoms with Crippen LogP contribution in [-0.4, -0.2) is 18.0 Å². The minimum atomic E-state index is -0.307. The first-order valence-corrected chi connectivity index (χ1v) is 10.8. The van der Waals surface area contributed by atoms with E-state index in [9.17, 15) is 4.79 Å². The Morgan fingerprint density at radius 1 is 1.13 bits per heavy atom. The highest BCUT2D eigenvalue weighted by atomic mass is 35.5. The van der Waals surface area contributed by atoms with Crippen LogP contribution in [0.4, 0.5) is 5.13 Å². The molecule has 0 atom stereocenters. The van der Waals surface area contributed by atoms with Crippen LogP contribution in [0.5, 0.6) is 5.75 Å².